The van der Waals surface area contributed by atoms with E-state index in [1.807, 2.05) is 0 Å². The lowest BCUT2D eigenvalue weighted by atomic mass is 9.84. The fourth-order valence-corrected chi connectivity index (χ4v) is 1.64. The molecule has 0 aromatic heterocycles. The minimum absolute atomic E-state index is 0.152. The van der Waals surface area contributed by atoms with Crippen LogP contribution in [0.15, 0.2) is 0 Å². The number of rotatable bonds is 2. The second-order valence-corrected chi connectivity index (χ2v) is 3.32. The predicted octanol–water partition coefficient (Wildman–Crippen LogP) is -0.109. The quantitative estimate of drug-likeness (QED) is 0.528. The van der Waals surface area contributed by atoms with E-state index in [2.05, 4.69) is 0 Å². The summed E-state index contributed by atoms with van der Waals surface area (Å²) in [6.07, 6.45) is 2.44. The van der Waals surface area contributed by atoms with E-state index in [-0.39, 0.29) is 18.6 Å². The summed E-state index contributed by atoms with van der Waals surface area (Å²) in [5.74, 6) is 0.198. The molecule has 0 spiro atoms. The second-order valence-electron chi connectivity index (χ2n) is 3.32. The fraction of sp³-hybridized carbons (Fsp3) is 1.00. The molecule has 1 saturated carbocycles. The van der Waals surface area contributed by atoms with Gasteiger partial charge in [-0.2, -0.15) is 0 Å². The van der Waals surface area contributed by atoms with Crippen LogP contribution in [0, 0.1) is 5.92 Å². The Morgan fingerprint density at radius 2 is 1.73 bits per heavy atom. The van der Waals surface area contributed by atoms with Gasteiger partial charge in [-0.05, 0) is 31.6 Å². The summed E-state index contributed by atoms with van der Waals surface area (Å²) in [5.41, 5.74) is 0. The Balaban J connectivity index is 2.27. The molecule has 0 amide bonds. The van der Waals surface area contributed by atoms with E-state index >= 15 is 0 Å². The summed E-state index contributed by atoms with van der Waals surface area (Å²) >= 11 is 0. The molecule has 3 nitrogen and oxygen atoms in total. The van der Waals surface area contributed by atoms with Crippen molar-refractivity contribution < 1.29 is 15.3 Å². The van der Waals surface area contributed by atoms with E-state index in [4.69, 9.17) is 10.2 Å². The summed E-state index contributed by atoms with van der Waals surface area (Å²) in [5, 5.41) is 27.0. The Hall–Kier alpha value is -0.120. The molecule has 66 valence electrons. The van der Waals surface area contributed by atoms with Crippen LogP contribution in [0.3, 0.4) is 0 Å². The molecule has 0 heterocycles. The van der Waals surface area contributed by atoms with Crippen molar-refractivity contribution in [2.45, 2.75) is 37.9 Å². The van der Waals surface area contributed by atoms with Gasteiger partial charge in [-0.3, -0.25) is 0 Å². The number of hydrogen-bond donors (Lipinski definition) is 3. The molecule has 0 aromatic rings. The monoisotopic (exact) mass is 160 g/mol. The molecule has 0 bridgehead atoms. The van der Waals surface area contributed by atoms with Crippen LogP contribution >= 0.6 is 0 Å². The lowest BCUT2D eigenvalue weighted by Gasteiger charge is -2.28. The molecule has 0 saturated heterocycles. The van der Waals surface area contributed by atoms with Gasteiger partial charge in [-0.1, -0.05) is 0 Å². The largest absolute Gasteiger partial charge is 0.394 e. The van der Waals surface area contributed by atoms with Gasteiger partial charge in [0.15, 0.2) is 0 Å². The second kappa shape index (κ2) is 4.04. The third-order valence-corrected chi connectivity index (χ3v) is 2.47. The summed E-state index contributed by atoms with van der Waals surface area (Å²) < 4.78 is 0. The van der Waals surface area contributed by atoms with Crippen LogP contribution in [-0.4, -0.2) is 34.1 Å². The molecule has 1 atom stereocenters. The first-order valence-electron chi connectivity index (χ1n) is 4.21. The molecule has 3 heteroatoms. The van der Waals surface area contributed by atoms with Gasteiger partial charge in [0.25, 0.3) is 0 Å². The highest BCUT2D eigenvalue weighted by Crippen LogP contribution is 2.26. The highest BCUT2D eigenvalue weighted by Gasteiger charge is 2.24. The predicted molar refractivity (Wildman–Crippen MR) is 41.1 cm³/mol. The maximum absolute atomic E-state index is 9.24. The number of aliphatic hydroxyl groups is 3. The molecular formula is C8H16O3. The van der Waals surface area contributed by atoms with Crippen molar-refractivity contribution in [1.82, 2.24) is 0 Å². The first-order chi connectivity index (χ1) is 5.24. The van der Waals surface area contributed by atoms with Crippen molar-refractivity contribution in [1.29, 1.82) is 0 Å². The van der Waals surface area contributed by atoms with E-state index in [0.29, 0.717) is 0 Å². The van der Waals surface area contributed by atoms with Gasteiger partial charge >= 0.3 is 0 Å². The van der Waals surface area contributed by atoms with E-state index in [9.17, 15) is 5.11 Å². The van der Waals surface area contributed by atoms with Crippen LogP contribution in [-0.2, 0) is 0 Å². The maximum atomic E-state index is 9.24. The average Bonchev–Trinajstić information content (AvgIpc) is 2.05. The zero-order valence-electron chi connectivity index (χ0n) is 6.61. The lowest BCUT2D eigenvalue weighted by Crippen LogP contribution is -2.29. The lowest BCUT2D eigenvalue weighted by molar-refractivity contribution is 0.00985. The summed E-state index contributed by atoms with van der Waals surface area (Å²) in [7, 11) is 0. The van der Waals surface area contributed by atoms with Crippen molar-refractivity contribution in [3.8, 4) is 0 Å². The Labute approximate surface area is 66.7 Å². The van der Waals surface area contributed by atoms with Gasteiger partial charge in [0.2, 0.25) is 0 Å². The summed E-state index contributed by atoms with van der Waals surface area (Å²) in [6, 6.07) is 0. The Bertz CT molecular complexity index is 108. The Morgan fingerprint density at radius 3 is 2.18 bits per heavy atom. The van der Waals surface area contributed by atoms with Gasteiger partial charge in [0, 0.05) is 0 Å². The number of aliphatic hydroxyl groups excluding tert-OH is 3. The third kappa shape index (κ3) is 2.43. The number of hydrogen-bond acceptors (Lipinski definition) is 3. The van der Waals surface area contributed by atoms with Crippen molar-refractivity contribution >= 4 is 0 Å². The zero-order chi connectivity index (χ0) is 8.27. The van der Waals surface area contributed by atoms with Crippen LogP contribution in [0.5, 0.6) is 0 Å². The first-order valence-corrected chi connectivity index (χ1v) is 4.21. The van der Waals surface area contributed by atoms with Crippen LogP contribution < -0.4 is 0 Å². The normalized spacial score (nSPS) is 35.2. The van der Waals surface area contributed by atoms with Crippen LogP contribution in [0.1, 0.15) is 25.7 Å². The molecule has 0 aromatic carbocycles. The van der Waals surface area contributed by atoms with Gasteiger partial charge in [0.05, 0.1) is 18.8 Å². The molecule has 3 N–H and O–H groups in total. The summed E-state index contributed by atoms with van der Waals surface area (Å²) in [6.45, 7) is -0.152. The van der Waals surface area contributed by atoms with Gasteiger partial charge in [-0.25, -0.2) is 0 Å². The van der Waals surface area contributed by atoms with Crippen LogP contribution in [0.4, 0.5) is 0 Å². The van der Waals surface area contributed by atoms with E-state index in [0.717, 1.165) is 25.7 Å². The molecule has 1 aliphatic rings. The SMILES string of the molecule is OCC(O)C1CCC(O)CC1. The average molecular weight is 160 g/mol. The van der Waals surface area contributed by atoms with Crippen molar-refractivity contribution in [3.05, 3.63) is 0 Å². The van der Waals surface area contributed by atoms with E-state index in [1.165, 1.54) is 0 Å². The highest BCUT2D eigenvalue weighted by molar-refractivity contribution is 4.76. The van der Waals surface area contributed by atoms with Gasteiger partial charge in [-0.15, -0.1) is 0 Å². The molecule has 1 fully saturated rings. The van der Waals surface area contributed by atoms with Crippen molar-refractivity contribution in [2.75, 3.05) is 6.61 Å². The standard InChI is InChI=1S/C8H16O3/c9-5-8(11)6-1-3-7(10)4-2-6/h6-11H,1-5H2. The van der Waals surface area contributed by atoms with E-state index in [1.54, 1.807) is 0 Å². The van der Waals surface area contributed by atoms with Crippen LogP contribution in [0.25, 0.3) is 0 Å². The Kier molecular flexibility index (Phi) is 3.30. The first kappa shape index (κ1) is 8.97. The van der Waals surface area contributed by atoms with E-state index < -0.39 is 6.10 Å². The topological polar surface area (TPSA) is 60.7 Å². The molecule has 1 unspecified atom stereocenters. The van der Waals surface area contributed by atoms with Crippen molar-refractivity contribution in [2.24, 2.45) is 5.92 Å². The highest BCUT2D eigenvalue weighted by atomic mass is 16.3. The fourth-order valence-electron chi connectivity index (χ4n) is 1.64. The Morgan fingerprint density at radius 1 is 1.18 bits per heavy atom. The molecule has 11 heavy (non-hydrogen) atoms. The van der Waals surface area contributed by atoms with Gasteiger partial charge < -0.3 is 15.3 Å². The minimum atomic E-state index is -0.581. The summed E-state index contributed by atoms with van der Waals surface area (Å²) in [4.78, 5) is 0. The van der Waals surface area contributed by atoms with Gasteiger partial charge in [0.1, 0.15) is 0 Å². The zero-order valence-corrected chi connectivity index (χ0v) is 6.61. The maximum Gasteiger partial charge on any atom is 0.0799 e. The molecule has 1 rings (SSSR count). The smallest absolute Gasteiger partial charge is 0.0799 e. The minimum Gasteiger partial charge on any atom is -0.394 e. The van der Waals surface area contributed by atoms with Crippen LogP contribution in [0.2, 0.25) is 0 Å². The third-order valence-electron chi connectivity index (χ3n) is 2.47. The molecule has 1 aliphatic carbocycles. The molecular weight excluding hydrogens is 144 g/mol. The molecule has 0 aliphatic heterocycles. The van der Waals surface area contributed by atoms with Crippen molar-refractivity contribution in [3.63, 3.8) is 0 Å². The molecule has 0 radical (unpaired) electrons.